The van der Waals surface area contributed by atoms with Gasteiger partial charge in [0.25, 0.3) is 0 Å². The second kappa shape index (κ2) is 5.61. The number of benzene rings is 1. The number of halogens is 2. The molecule has 1 radical (unpaired) electrons. The maximum absolute atomic E-state index is 6.17. The molecule has 1 aromatic carbocycles. The van der Waals surface area contributed by atoms with Crippen molar-refractivity contribution >= 4 is 28.8 Å². The summed E-state index contributed by atoms with van der Waals surface area (Å²) in [6, 6.07) is 9.18. The standard InChI is InChI=1S/C16H8Cl2N5/c17-12-2-1-11(7-13(12)18)14-15(10-3-5-19-6-4-10)20-8-23-9-21-22-16(14)23/h1-7,9H. The quantitative estimate of drug-likeness (QED) is 0.554. The normalized spacial score (nSPS) is 11.0. The van der Waals surface area contributed by atoms with E-state index < -0.39 is 0 Å². The zero-order valence-electron chi connectivity index (χ0n) is 11.6. The van der Waals surface area contributed by atoms with Crippen LogP contribution in [0.1, 0.15) is 0 Å². The molecule has 7 heteroatoms. The highest BCUT2D eigenvalue weighted by Gasteiger charge is 2.16. The number of rotatable bonds is 2. The van der Waals surface area contributed by atoms with Gasteiger partial charge in [0.2, 0.25) is 0 Å². The zero-order valence-corrected chi connectivity index (χ0v) is 13.1. The Morgan fingerprint density at radius 3 is 2.57 bits per heavy atom. The van der Waals surface area contributed by atoms with Gasteiger partial charge in [0.15, 0.2) is 12.0 Å². The third-order valence-electron chi connectivity index (χ3n) is 3.44. The summed E-state index contributed by atoms with van der Waals surface area (Å²) in [5, 5.41) is 9.08. The van der Waals surface area contributed by atoms with Crippen LogP contribution in [0.5, 0.6) is 0 Å². The molecule has 0 N–H and O–H groups in total. The van der Waals surface area contributed by atoms with Gasteiger partial charge in [-0.3, -0.25) is 9.38 Å². The highest BCUT2D eigenvalue weighted by Crippen LogP contribution is 2.35. The molecule has 0 aliphatic carbocycles. The molecule has 0 spiro atoms. The van der Waals surface area contributed by atoms with Crippen molar-refractivity contribution in [2.24, 2.45) is 0 Å². The van der Waals surface area contributed by atoms with E-state index in [0.29, 0.717) is 15.7 Å². The largest absolute Gasteiger partial charge is 0.265 e. The number of fused-ring (bicyclic) bond motifs is 1. The molecule has 0 fully saturated rings. The summed E-state index contributed by atoms with van der Waals surface area (Å²) in [7, 11) is 0. The van der Waals surface area contributed by atoms with Crippen LogP contribution in [0.2, 0.25) is 10.0 Å². The van der Waals surface area contributed by atoms with E-state index in [-0.39, 0.29) is 0 Å². The van der Waals surface area contributed by atoms with Crippen LogP contribution in [0.4, 0.5) is 0 Å². The van der Waals surface area contributed by atoms with Crippen molar-refractivity contribution in [2.75, 3.05) is 0 Å². The van der Waals surface area contributed by atoms with E-state index in [9.17, 15) is 0 Å². The molecule has 0 amide bonds. The molecule has 0 bridgehead atoms. The number of nitrogens with zero attached hydrogens (tertiary/aromatic N) is 5. The van der Waals surface area contributed by atoms with Crippen molar-refractivity contribution in [3.05, 3.63) is 65.4 Å². The summed E-state index contributed by atoms with van der Waals surface area (Å²) in [5.41, 5.74) is 3.94. The van der Waals surface area contributed by atoms with Gasteiger partial charge in [-0.15, -0.1) is 10.2 Å². The molecule has 0 aliphatic heterocycles. The first-order valence-electron chi connectivity index (χ1n) is 6.71. The minimum absolute atomic E-state index is 0.468. The van der Waals surface area contributed by atoms with Crippen LogP contribution in [0.3, 0.4) is 0 Å². The third-order valence-corrected chi connectivity index (χ3v) is 4.18. The summed E-state index contributed by atoms with van der Waals surface area (Å²) >= 11 is 12.2. The molecule has 5 nitrogen and oxygen atoms in total. The third kappa shape index (κ3) is 2.44. The molecule has 111 valence electrons. The molecule has 3 heterocycles. The predicted molar refractivity (Wildman–Crippen MR) is 88.3 cm³/mol. The van der Waals surface area contributed by atoms with Gasteiger partial charge in [0.1, 0.15) is 6.33 Å². The molecule has 0 aliphatic rings. The number of hydrogen-bond acceptors (Lipinski definition) is 4. The van der Waals surface area contributed by atoms with Crippen LogP contribution < -0.4 is 0 Å². The molecular weight excluding hydrogens is 333 g/mol. The van der Waals surface area contributed by atoms with Crippen molar-refractivity contribution in [3.63, 3.8) is 0 Å². The Hall–Kier alpha value is -2.50. The minimum atomic E-state index is 0.468. The van der Waals surface area contributed by atoms with Crippen molar-refractivity contribution < 1.29 is 0 Å². The lowest BCUT2D eigenvalue weighted by molar-refractivity contribution is 1.06. The van der Waals surface area contributed by atoms with Crippen LogP contribution in [-0.2, 0) is 0 Å². The smallest absolute Gasteiger partial charge is 0.184 e. The summed E-state index contributed by atoms with van der Waals surface area (Å²) in [6.45, 7) is 0. The fraction of sp³-hybridized carbons (Fsp3) is 0. The molecule has 0 unspecified atom stereocenters. The average Bonchev–Trinajstić information content (AvgIpc) is 3.06. The van der Waals surface area contributed by atoms with E-state index in [1.54, 1.807) is 35.3 Å². The Balaban J connectivity index is 2.06. The maximum atomic E-state index is 6.17. The number of hydrogen-bond donors (Lipinski definition) is 0. The van der Waals surface area contributed by atoms with Gasteiger partial charge in [-0.25, -0.2) is 4.98 Å². The van der Waals surface area contributed by atoms with E-state index in [0.717, 1.165) is 22.4 Å². The van der Waals surface area contributed by atoms with E-state index in [4.69, 9.17) is 23.2 Å². The topological polar surface area (TPSA) is 56.0 Å². The highest BCUT2D eigenvalue weighted by molar-refractivity contribution is 6.42. The van der Waals surface area contributed by atoms with Gasteiger partial charge in [-0.05, 0) is 29.8 Å². The molecular formula is C16H8Cl2N5. The van der Waals surface area contributed by atoms with Crippen molar-refractivity contribution in [3.8, 4) is 22.4 Å². The maximum Gasteiger partial charge on any atom is 0.184 e. The van der Waals surface area contributed by atoms with Gasteiger partial charge < -0.3 is 0 Å². The Labute approximate surface area is 141 Å². The van der Waals surface area contributed by atoms with E-state index in [1.165, 1.54) is 0 Å². The summed E-state index contributed by atoms with van der Waals surface area (Å²) in [5.74, 6) is 0. The van der Waals surface area contributed by atoms with Gasteiger partial charge in [-0.2, -0.15) is 0 Å². The first kappa shape index (κ1) is 14.1. The lowest BCUT2D eigenvalue weighted by atomic mass is 10.0. The van der Waals surface area contributed by atoms with Crippen LogP contribution in [0, 0.1) is 6.33 Å². The number of pyridine rings is 1. The monoisotopic (exact) mass is 340 g/mol. The van der Waals surface area contributed by atoms with Crippen LogP contribution in [0.15, 0.2) is 49.1 Å². The second-order valence-corrected chi connectivity index (χ2v) is 5.64. The minimum Gasteiger partial charge on any atom is -0.265 e. The van der Waals surface area contributed by atoms with E-state index in [2.05, 4.69) is 26.5 Å². The summed E-state index contributed by atoms with van der Waals surface area (Å²) in [4.78, 5) is 8.47. The molecule has 4 rings (SSSR count). The average molecular weight is 341 g/mol. The van der Waals surface area contributed by atoms with E-state index in [1.807, 2.05) is 18.2 Å². The molecule has 3 aromatic heterocycles. The SMILES string of the molecule is Clc1ccc(-c2c(-c3ccncc3)n[c]n3cnnc23)cc1Cl. The molecule has 0 saturated heterocycles. The van der Waals surface area contributed by atoms with E-state index >= 15 is 0 Å². The van der Waals surface area contributed by atoms with Crippen LogP contribution >= 0.6 is 23.2 Å². The Kier molecular flexibility index (Phi) is 3.44. The fourth-order valence-electron chi connectivity index (χ4n) is 2.38. The Bertz CT molecular complexity index is 998. The van der Waals surface area contributed by atoms with Crippen molar-refractivity contribution in [1.29, 1.82) is 0 Å². The lowest BCUT2D eigenvalue weighted by Gasteiger charge is -2.10. The van der Waals surface area contributed by atoms with Gasteiger partial charge >= 0.3 is 0 Å². The molecule has 0 saturated carbocycles. The number of aromatic nitrogens is 5. The predicted octanol–water partition coefficient (Wildman–Crippen LogP) is 3.96. The zero-order chi connectivity index (χ0) is 15.8. The fourth-order valence-corrected chi connectivity index (χ4v) is 2.68. The van der Waals surface area contributed by atoms with Gasteiger partial charge in [0.05, 0.1) is 21.3 Å². The Morgan fingerprint density at radius 1 is 0.957 bits per heavy atom. The van der Waals surface area contributed by atoms with Gasteiger partial charge in [0, 0.05) is 18.0 Å². The van der Waals surface area contributed by atoms with Crippen molar-refractivity contribution in [2.45, 2.75) is 0 Å². The van der Waals surface area contributed by atoms with Crippen molar-refractivity contribution in [1.82, 2.24) is 24.6 Å². The second-order valence-electron chi connectivity index (χ2n) is 4.82. The Morgan fingerprint density at radius 2 is 1.78 bits per heavy atom. The van der Waals surface area contributed by atoms with Crippen LogP contribution in [-0.4, -0.2) is 24.6 Å². The lowest BCUT2D eigenvalue weighted by Crippen LogP contribution is -1.97. The molecule has 23 heavy (non-hydrogen) atoms. The summed E-state index contributed by atoms with van der Waals surface area (Å²) in [6.07, 6.45) is 7.88. The highest BCUT2D eigenvalue weighted by atomic mass is 35.5. The molecule has 4 aromatic rings. The van der Waals surface area contributed by atoms with Crippen LogP contribution in [0.25, 0.3) is 28.0 Å². The summed E-state index contributed by atoms with van der Waals surface area (Å²) < 4.78 is 1.64. The molecule has 0 atom stereocenters. The van der Waals surface area contributed by atoms with Gasteiger partial charge in [-0.1, -0.05) is 29.3 Å². The first-order valence-corrected chi connectivity index (χ1v) is 7.47. The first-order chi connectivity index (χ1) is 11.2.